The molecule has 1 aliphatic carbocycles. The lowest BCUT2D eigenvalue weighted by Crippen LogP contribution is -2.50. The molecule has 3 rings (SSSR count). The fourth-order valence-electron chi connectivity index (χ4n) is 4.53. The predicted molar refractivity (Wildman–Crippen MR) is 112 cm³/mol. The highest BCUT2D eigenvalue weighted by atomic mass is 35.5. The summed E-state index contributed by atoms with van der Waals surface area (Å²) in [6.07, 6.45) is 5.29. The number of nitrogens with one attached hydrogen (secondary N) is 1. The van der Waals surface area contributed by atoms with Crippen molar-refractivity contribution in [1.82, 2.24) is 15.2 Å². The van der Waals surface area contributed by atoms with Crippen LogP contribution in [-0.2, 0) is 0 Å². The van der Waals surface area contributed by atoms with Gasteiger partial charge in [0, 0.05) is 39.3 Å². The van der Waals surface area contributed by atoms with E-state index in [1.165, 1.54) is 25.7 Å². The second kappa shape index (κ2) is 8.36. The van der Waals surface area contributed by atoms with Gasteiger partial charge in [-0.1, -0.05) is 38.8 Å². The van der Waals surface area contributed by atoms with Crippen LogP contribution in [0.3, 0.4) is 0 Å². The molecular formula is C21H33ClN4O. The first-order chi connectivity index (χ1) is 12.9. The summed E-state index contributed by atoms with van der Waals surface area (Å²) in [7, 11) is 1.60. The standard InChI is InChI=1S/C21H33ClN4O/c1-5-21(2,3)15-6-7-16(14-15)25-10-12-26(13-11-25)18-9-8-17(20(27)23-4)24-19(18)22/h8-9,15-16H,5-7,10-14H2,1-4H3,(H,23,27)/t15?,16-/m1/s1. The average molecular weight is 393 g/mol. The number of aromatic nitrogens is 1. The van der Waals surface area contributed by atoms with Gasteiger partial charge in [-0.05, 0) is 42.7 Å². The van der Waals surface area contributed by atoms with Crippen LogP contribution in [0.4, 0.5) is 5.69 Å². The van der Waals surface area contributed by atoms with E-state index in [9.17, 15) is 4.79 Å². The Bertz CT molecular complexity index is 670. The molecule has 1 aromatic heterocycles. The summed E-state index contributed by atoms with van der Waals surface area (Å²) in [5.74, 6) is 0.639. The van der Waals surface area contributed by atoms with Gasteiger partial charge in [0.15, 0.2) is 5.15 Å². The number of hydrogen-bond acceptors (Lipinski definition) is 4. The third-order valence-corrected chi connectivity index (χ3v) is 7.16. The van der Waals surface area contributed by atoms with Gasteiger partial charge in [-0.2, -0.15) is 0 Å². The third-order valence-electron chi connectivity index (χ3n) is 6.88. The smallest absolute Gasteiger partial charge is 0.269 e. The van der Waals surface area contributed by atoms with Crippen LogP contribution in [0.15, 0.2) is 12.1 Å². The highest BCUT2D eigenvalue weighted by molar-refractivity contribution is 6.32. The summed E-state index contributed by atoms with van der Waals surface area (Å²) in [6, 6.07) is 4.40. The number of hydrogen-bond donors (Lipinski definition) is 1. The van der Waals surface area contributed by atoms with Gasteiger partial charge in [0.1, 0.15) is 5.69 Å². The number of pyridine rings is 1. The molecule has 1 aliphatic heterocycles. The molecule has 5 nitrogen and oxygen atoms in total. The molecule has 2 atom stereocenters. The second-order valence-corrected chi connectivity index (χ2v) is 8.97. The second-order valence-electron chi connectivity index (χ2n) is 8.61. The minimum absolute atomic E-state index is 0.209. The molecule has 0 aromatic carbocycles. The molecule has 2 fully saturated rings. The van der Waals surface area contributed by atoms with E-state index in [0.717, 1.165) is 43.8 Å². The van der Waals surface area contributed by atoms with Crippen LogP contribution in [0.25, 0.3) is 0 Å². The first-order valence-corrected chi connectivity index (χ1v) is 10.6. The molecule has 0 spiro atoms. The van der Waals surface area contributed by atoms with E-state index in [4.69, 9.17) is 11.6 Å². The van der Waals surface area contributed by atoms with Crippen molar-refractivity contribution < 1.29 is 4.79 Å². The Labute approximate surface area is 168 Å². The summed E-state index contributed by atoms with van der Waals surface area (Å²) in [5, 5.41) is 2.99. The van der Waals surface area contributed by atoms with Gasteiger partial charge in [-0.15, -0.1) is 0 Å². The number of nitrogens with zero attached hydrogens (tertiary/aromatic N) is 3. The van der Waals surface area contributed by atoms with Crippen molar-refractivity contribution in [3.05, 3.63) is 23.0 Å². The summed E-state index contributed by atoms with van der Waals surface area (Å²) in [4.78, 5) is 20.9. The number of halogens is 1. The first-order valence-electron chi connectivity index (χ1n) is 10.2. The van der Waals surface area contributed by atoms with Crippen LogP contribution >= 0.6 is 11.6 Å². The van der Waals surface area contributed by atoms with Crippen molar-refractivity contribution in [2.24, 2.45) is 11.3 Å². The van der Waals surface area contributed by atoms with Crippen molar-refractivity contribution in [2.45, 2.75) is 52.5 Å². The minimum atomic E-state index is -0.209. The molecule has 1 saturated heterocycles. The maximum atomic E-state index is 11.7. The molecule has 1 unspecified atom stereocenters. The quantitative estimate of drug-likeness (QED) is 0.774. The maximum Gasteiger partial charge on any atom is 0.269 e. The lowest BCUT2D eigenvalue weighted by Gasteiger charge is -2.40. The molecule has 150 valence electrons. The van der Waals surface area contributed by atoms with Gasteiger partial charge >= 0.3 is 0 Å². The summed E-state index contributed by atoms with van der Waals surface area (Å²) < 4.78 is 0. The van der Waals surface area contributed by atoms with Crippen LogP contribution in [0.2, 0.25) is 5.15 Å². The Kier molecular flexibility index (Phi) is 6.32. The lowest BCUT2D eigenvalue weighted by molar-refractivity contribution is 0.0958. The van der Waals surface area contributed by atoms with Crippen LogP contribution in [-0.4, -0.2) is 55.1 Å². The molecule has 6 heteroatoms. The van der Waals surface area contributed by atoms with E-state index in [1.807, 2.05) is 6.07 Å². The predicted octanol–water partition coefficient (Wildman–Crippen LogP) is 3.82. The monoisotopic (exact) mass is 392 g/mol. The van der Waals surface area contributed by atoms with Gasteiger partial charge in [0.25, 0.3) is 5.91 Å². The number of anilines is 1. The minimum Gasteiger partial charge on any atom is -0.366 e. The molecule has 0 radical (unpaired) electrons. The zero-order valence-electron chi connectivity index (χ0n) is 17.1. The zero-order valence-corrected chi connectivity index (χ0v) is 17.9. The normalized spacial score (nSPS) is 24.3. The number of amides is 1. The molecule has 27 heavy (non-hydrogen) atoms. The fourth-order valence-corrected chi connectivity index (χ4v) is 4.81. The summed E-state index contributed by atoms with van der Waals surface area (Å²) in [5.41, 5.74) is 1.75. The molecule has 2 heterocycles. The van der Waals surface area contributed by atoms with E-state index in [1.54, 1.807) is 13.1 Å². The molecule has 1 N–H and O–H groups in total. The van der Waals surface area contributed by atoms with E-state index in [0.29, 0.717) is 16.3 Å². The largest absolute Gasteiger partial charge is 0.366 e. The Hall–Kier alpha value is -1.33. The van der Waals surface area contributed by atoms with Crippen molar-refractivity contribution in [2.75, 3.05) is 38.1 Å². The molecule has 1 saturated carbocycles. The van der Waals surface area contributed by atoms with Crippen molar-refractivity contribution in [3.63, 3.8) is 0 Å². The SMILES string of the molecule is CCC(C)(C)C1CC[C@@H](N2CCN(c3ccc(C(=O)NC)nc3Cl)CC2)C1. The van der Waals surface area contributed by atoms with Crippen LogP contribution < -0.4 is 10.2 Å². The Morgan fingerprint density at radius 3 is 2.56 bits per heavy atom. The van der Waals surface area contributed by atoms with Crippen molar-refractivity contribution in [1.29, 1.82) is 0 Å². The van der Waals surface area contributed by atoms with E-state index < -0.39 is 0 Å². The molecule has 0 bridgehead atoms. The van der Waals surface area contributed by atoms with Gasteiger partial charge in [-0.3, -0.25) is 9.69 Å². The Balaban J connectivity index is 1.57. The zero-order chi connectivity index (χ0) is 19.6. The van der Waals surface area contributed by atoms with Gasteiger partial charge in [-0.25, -0.2) is 4.98 Å². The number of carbonyl (C=O) groups excluding carboxylic acids is 1. The van der Waals surface area contributed by atoms with Crippen molar-refractivity contribution >= 4 is 23.2 Å². The lowest BCUT2D eigenvalue weighted by atomic mass is 9.76. The molecule has 2 aliphatic rings. The first kappa shape index (κ1) is 20.4. The summed E-state index contributed by atoms with van der Waals surface area (Å²) >= 11 is 6.37. The van der Waals surface area contributed by atoms with E-state index in [-0.39, 0.29) is 5.91 Å². The van der Waals surface area contributed by atoms with E-state index >= 15 is 0 Å². The average Bonchev–Trinajstić information content (AvgIpc) is 3.18. The fraction of sp³-hybridized carbons (Fsp3) is 0.714. The Morgan fingerprint density at radius 1 is 1.26 bits per heavy atom. The number of rotatable bonds is 5. The highest BCUT2D eigenvalue weighted by Crippen LogP contribution is 2.43. The maximum absolute atomic E-state index is 11.7. The highest BCUT2D eigenvalue weighted by Gasteiger charge is 2.37. The summed E-state index contributed by atoms with van der Waals surface area (Å²) in [6.45, 7) is 11.2. The Morgan fingerprint density at radius 2 is 1.96 bits per heavy atom. The molecule has 1 aromatic rings. The third kappa shape index (κ3) is 4.40. The molecule has 1 amide bonds. The molecular weight excluding hydrogens is 360 g/mol. The van der Waals surface area contributed by atoms with Crippen LogP contribution in [0, 0.1) is 11.3 Å². The van der Waals surface area contributed by atoms with E-state index in [2.05, 4.69) is 40.9 Å². The van der Waals surface area contributed by atoms with Gasteiger partial charge in [0.05, 0.1) is 5.69 Å². The van der Waals surface area contributed by atoms with Crippen LogP contribution in [0.1, 0.15) is 56.9 Å². The van der Waals surface area contributed by atoms with Crippen LogP contribution in [0.5, 0.6) is 0 Å². The van der Waals surface area contributed by atoms with Gasteiger partial charge < -0.3 is 10.2 Å². The van der Waals surface area contributed by atoms with Gasteiger partial charge in [0.2, 0.25) is 0 Å². The topological polar surface area (TPSA) is 48.5 Å². The number of carbonyl (C=O) groups is 1. The van der Waals surface area contributed by atoms with Crippen molar-refractivity contribution in [3.8, 4) is 0 Å². The number of piperazine rings is 1.